The lowest BCUT2D eigenvalue weighted by molar-refractivity contribution is -0.118. The fraction of sp³-hybridized carbons (Fsp3) is 0.618. The van der Waals surface area contributed by atoms with Gasteiger partial charge in [-0.1, -0.05) is 101 Å². The molecule has 2 aromatic carbocycles. The molecule has 0 spiro atoms. The zero-order valence-corrected chi connectivity index (χ0v) is 22.4. The molecular formula is C34H48O. The van der Waals surface area contributed by atoms with E-state index in [1.54, 1.807) is 5.56 Å². The molecule has 0 radical (unpaired) electrons. The molecule has 0 heterocycles. The molecule has 2 fully saturated rings. The zero-order valence-electron chi connectivity index (χ0n) is 22.4. The molecule has 0 aliphatic heterocycles. The third-order valence-corrected chi connectivity index (χ3v) is 9.42. The lowest BCUT2D eigenvalue weighted by Gasteiger charge is -2.36. The molecule has 4 rings (SSSR count). The van der Waals surface area contributed by atoms with Gasteiger partial charge in [-0.05, 0) is 97.8 Å². The fourth-order valence-electron chi connectivity index (χ4n) is 6.85. The van der Waals surface area contributed by atoms with Crippen LogP contribution in [0.15, 0.2) is 48.5 Å². The molecule has 190 valence electrons. The first-order valence-corrected chi connectivity index (χ1v) is 14.8. The summed E-state index contributed by atoms with van der Waals surface area (Å²) in [5.74, 6) is 2.35. The summed E-state index contributed by atoms with van der Waals surface area (Å²) in [5, 5.41) is 0. The Morgan fingerprint density at radius 1 is 0.686 bits per heavy atom. The highest BCUT2D eigenvalue weighted by atomic mass is 16.1. The maximum absolute atomic E-state index is 11.9. The Labute approximate surface area is 215 Å². The molecule has 0 bridgehead atoms. The maximum Gasteiger partial charge on any atom is 0.126 e. The largest absolute Gasteiger partial charge is 0.303 e. The average Bonchev–Trinajstić information content (AvgIpc) is 2.93. The van der Waals surface area contributed by atoms with Crippen molar-refractivity contribution < 1.29 is 4.79 Å². The predicted molar refractivity (Wildman–Crippen MR) is 150 cm³/mol. The minimum Gasteiger partial charge on any atom is -0.303 e. The summed E-state index contributed by atoms with van der Waals surface area (Å²) >= 11 is 0. The van der Waals surface area contributed by atoms with Crippen molar-refractivity contribution in [3.8, 4) is 11.1 Å². The van der Waals surface area contributed by atoms with Crippen molar-refractivity contribution in [2.75, 3.05) is 0 Å². The third kappa shape index (κ3) is 6.87. The van der Waals surface area contributed by atoms with Gasteiger partial charge in [0.05, 0.1) is 0 Å². The number of benzene rings is 2. The Morgan fingerprint density at radius 2 is 1.20 bits per heavy atom. The molecule has 2 saturated carbocycles. The fourth-order valence-corrected chi connectivity index (χ4v) is 6.85. The summed E-state index contributed by atoms with van der Waals surface area (Å²) < 4.78 is 0. The second kappa shape index (κ2) is 12.9. The van der Waals surface area contributed by atoms with Crippen LogP contribution in [0, 0.1) is 11.3 Å². The van der Waals surface area contributed by atoms with E-state index in [4.69, 9.17) is 0 Å². The molecule has 0 unspecified atom stereocenters. The zero-order chi connectivity index (χ0) is 24.5. The van der Waals surface area contributed by atoms with Crippen molar-refractivity contribution in [1.29, 1.82) is 0 Å². The van der Waals surface area contributed by atoms with E-state index < -0.39 is 0 Å². The third-order valence-electron chi connectivity index (χ3n) is 9.42. The van der Waals surface area contributed by atoms with E-state index in [0.29, 0.717) is 5.92 Å². The van der Waals surface area contributed by atoms with Crippen molar-refractivity contribution in [3.05, 3.63) is 59.7 Å². The standard InChI is InChI=1S/C34H48O/c1-3-5-7-23-34(26-35)24-21-33(22-25-34)32-19-17-31(18-20-32)30-15-13-29(14-16-30)28-11-9-27(10-12-28)8-6-4-2/h13-20,26-28,33H,3-12,21-25H2,1-2H3. The molecular weight excluding hydrogens is 424 g/mol. The number of carbonyl (C=O) groups excluding carboxylic acids is 1. The normalized spacial score (nSPS) is 27.0. The molecule has 0 atom stereocenters. The smallest absolute Gasteiger partial charge is 0.126 e. The van der Waals surface area contributed by atoms with Crippen LogP contribution < -0.4 is 0 Å². The van der Waals surface area contributed by atoms with E-state index >= 15 is 0 Å². The number of hydrogen-bond donors (Lipinski definition) is 0. The van der Waals surface area contributed by atoms with Gasteiger partial charge in [0.25, 0.3) is 0 Å². The van der Waals surface area contributed by atoms with E-state index in [1.807, 2.05) is 0 Å². The number of unbranched alkanes of at least 4 members (excludes halogenated alkanes) is 3. The van der Waals surface area contributed by atoms with Gasteiger partial charge in [-0.15, -0.1) is 0 Å². The lowest BCUT2D eigenvalue weighted by Crippen LogP contribution is -2.28. The lowest BCUT2D eigenvalue weighted by atomic mass is 9.67. The van der Waals surface area contributed by atoms with Crippen LogP contribution in [-0.4, -0.2) is 6.29 Å². The molecule has 35 heavy (non-hydrogen) atoms. The first-order chi connectivity index (χ1) is 17.2. The molecule has 1 nitrogen and oxygen atoms in total. The second-order valence-corrected chi connectivity index (χ2v) is 11.8. The topological polar surface area (TPSA) is 17.1 Å². The van der Waals surface area contributed by atoms with Gasteiger partial charge >= 0.3 is 0 Å². The molecule has 1 heteroatoms. The van der Waals surface area contributed by atoms with Gasteiger partial charge in [-0.25, -0.2) is 0 Å². The van der Waals surface area contributed by atoms with Crippen molar-refractivity contribution in [1.82, 2.24) is 0 Å². The van der Waals surface area contributed by atoms with Crippen LogP contribution in [0.5, 0.6) is 0 Å². The van der Waals surface area contributed by atoms with Crippen LogP contribution in [0.1, 0.15) is 133 Å². The van der Waals surface area contributed by atoms with Gasteiger partial charge in [-0.3, -0.25) is 0 Å². The van der Waals surface area contributed by atoms with Gasteiger partial charge in [0.2, 0.25) is 0 Å². The average molecular weight is 473 g/mol. The second-order valence-electron chi connectivity index (χ2n) is 11.8. The van der Waals surface area contributed by atoms with Crippen LogP contribution in [-0.2, 0) is 4.79 Å². The van der Waals surface area contributed by atoms with Crippen molar-refractivity contribution in [2.24, 2.45) is 11.3 Å². The number of rotatable bonds is 11. The number of carbonyl (C=O) groups is 1. The van der Waals surface area contributed by atoms with Gasteiger partial charge in [0, 0.05) is 5.41 Å². The summed E-state index contributed by atoms with van der Waals surface area (Å²) in [6.07, 6.45) is 20.3. The van der Waals surface area contributed by atoms with E-state index in [-0.39, 0.29) is 5.41 Å². The van der Waals surface area contributed by atoms with E-state index in [9.17, 15) is 4.79 Å². The van der Waals surface area contributed by atoms with Crippen LogP contribution in [0.2, 0.25) is 0 Å². The number of aldehydes is 1. The molecule has 0 N–H and O–H groups in total. The molecule has 2 aliphatic rings. The highest BCUT2D eigenvalue weighted by Crippen LogP contribution is 2.45. The predicted octanol–water partition coefficient (Wildman–Crippen LogP) is 10.2. The van der Waals surface area contributed by atoms with Gasteiger partial charge < -0.3 is 4.79 Å². The van der Waals surface area contributed by atoms with Crippen LogP contribution in [0.3, 0.4) is 0 Å². The molecule has 2 aromatic rings. The van der Waals surface area contributed by atoms with Gasteiger partial charge in [0.1, 0.15) is 6.29 Å². The summed E-state index contributed by atoms with van der Waals surface area (Å²) in [7, 11) is 0. The summed E-state index contributed by atoms with van der Waals surface area (Å²) in [4.78, 5) is 11.9. The molecule has 0 saturated heterocycles. The van der Waals surface area contributed by atoms with Gasteiger partial charge in [0.15, 0.2) is 0 Å². The van der Waals surface area contributed by atoms with E-state index in [1.165, 1.54) is 87.2 Å². The SMILES string of the molecule is CCCCCC1(C=O)CCC(c2ccc(-c3ccc(C4CCC(CCCC)CC4)cc3)cc2)CC1. The monoisotopic (exact) mass is 472 g/mol. The van der Waals surface area contributed by atoms with Crippen LogP contribution >= 0.6 is 0 Å². The summed E-state index contributed by atoms with van der Waals surface area (Å²) in [6.45, 7) is 4.55. The first-order valence-electron chi connectivity index (χ1n) is 14.8. The van der Waals surface area contributed by atoms with Crippen LogP contribution in [0.25, 0.3) is 11.1 Å². The molecule has 0 amide bonds. The van der Waals surface area contributed by atoms with Gasteiger partial charge in [-0.2, -0.15) is 0 Å². The highest BCUT2D eigenvalue weighted by molar-refractivity contribution is 5.64. The van der Waals surface area contributed by atoms with Crippen molar-refractivity contribution >= 4 is 6.29 Å². The molecule has 0 aromatic heterocycles. The first kappa shape index (κ1) is 26.2. The maximum atomic E-state index is 11.9. The highest BCUT2D eigenvalue weighted by Gasteiger charge is 2.35. The molecule has 2 aliphatic carbocycles. The Balaban J connectivity index is 1.30. The Morgan fingerprint density at radius 3 is 1.69 bits per heavy atom. The van der Waals surface area contributed by atoms with Crippen molar-refractivity contribution in [3.63, 3.8) is 0 Å². The Kier molecular flexibility index (Phi) is 9.64. The summed E-state index contributed by atoms with van der Waals surface area (Å²) in [5.41, 5.74) is 5.61. The summed E-state index contributed by atoms with van der Waals surface area (Å²) in [6, 6.07) is 18.8. The van der Waals surface area contributed by atoms with E-state index in [0.717, 1.165) is 43.9 Å². The Hall–Kier alpha value is -1.89. The quantitative estimate of drug-likeness (QED) is 0.235. The van der Waals surface area contributed by atoms with E-state index in [2.05, 4.69) is 62.4 Å². The van der Waals surface area contributed by atoms with Crippen molar-refractivity contribution in [2.45, 2.75) is 122 Å². The minimum atomic E-state index is -0.0396. The Bertz CT molecular complexity index is 877. The van der Waals surface area contributed by atoms with Crippen LogP contribution in [0.4, 0.5) is 0 Å². The number of hydrogen-bond acceptors (Lipinski definition) is 1. The minimum absolute atomic E-state index is 0.0396.